The van der Waals surface area contributed by atoms with Crippen molar-refractivity contribution in [2.75, 3.05) is 36.4 Å². The van der Waals surface area contributed by atoms with Crippen molar-refractivity contribution in [3.63, 3.8) is 0 Å². The fraction of sp³-hybridized carbons (Fsp3) is 0.500. The molecule has 1 atom stereocenters. The van der Waals surface area contributed by atoms with E-state index in [9.17, 15) is 4.79 Å². The zero-order chi connectivity index (χ0) is 17.8. The largest absolute Gasteiger partial charge is 0.459 e. The molecule has 7 nitrogen and oxygen atoms in total. The molecule has 0 aliphatic carbocycles. The van der Waals surface area contributed by atoms with Gasteiger partial charge in [-0.2, -0.15) is 0 Å². The molecule has 1 aliphatic heterocycles. The lowest BCUT2D eigenvalue weighted by Crippen LogP contribution is -2.49. The Morgan fingerprint density at radius 2 is 2.08 bits per heavy atom. The van der Waals surface area contributed by atoms with Crippen molar-refractivity contribution < 1.29 is 9.21 Å². The van der Waals surface area contributed by atoms with Gasteiger partial charge in [0.1, 0.15) is 17.5 Å². The highest BCUT2D eigenvalue weighted by Crippen LogP contribution is 2.19. The summed E-state index contributed by atoms with van der Waals surface area (Å²) in [6, 6.07) is 5.79. The van der Waals surface area contributed by atoms with E-state index in [1.807, 2.05) is 17.9 Å². The number of anilines is 2. The van der Waals surface area contributed by atoms with Crippen LogP contribution in [-0.2, 0) is 0 Å². The highest BCUT2D eigenvalue weighted by atomic mass is 16.3. The number of carbonyl (C=O) groups is 1. The first-order valence-corrected chi connectivity index (χ1v) is 8.76. The van der Waals surface area contributed by atoms with Crippen LogP contribution >= 0.6 is 0 Å². The Bertz CT molecular complexity index is 708. The van der Waals surface area contributed by atoms with Crippen molar-refractivity contribution in [3.8, 4) is 0 Å². The van der Waals surface area contributed by atoms with Crippen molar-refractivity contribution in [1.29, 1.82) is 0 Å². The average molecular weight is 343 g/mol. The molecule has 1 fully saturated rings. The summed E-state index contributed by atoms with van der Waals surface area (Å²) in [5, 5.41) is 3.40. The fourth-order valence-electron chi connectivity index (χ4n) is 2.84. The van der Waals surface area contributed by atoms with Gasteiger partial charge in [-0.1, -0.05) is 6.92 Å². The monoisotopic (exact) mass is 343 g/mol. The summed E-state index contributed by atoms with van der Waals surface area (Å²) in [7, 11) is 0. The Kier molecular flexibility index (Phi) is 5.21. The molecule has 7 heteroatoms. The van der Waals surface area contributed by atoms with Gasteiger partial charge in [-0.15, -0.1) is 0 Å². The van der Waals surface area contributed by atoms with Crippen LogP contribution in [0.15, 0.2) is 28.9 Å². The summed E-state index contributed by atoms with van der Waals surface area (Å²) in [5.74, 6) is 2.85. The number of hydrogen-bond donors (Lipinski definition) is 1. The topological polar surface area (TPSA) is 74.5 Å². The van der Waals surface area contributed by atoms with Crippen LogP contribution in [-0.4, -0.2) is 53.0 Å². The van der Waals surface area contributed by atoms with Gasteiger partial charge in [0, 0.05) is 38.3 Å². The van der Waals surface area contributed by atoms with Gasteiger partial charge in [0.25, 0.3) is 5.91 Å². The summed E-state index contributed by atoms with van der Waals surface area (Å²) in [5.41, 5.74) is 0. The van der Waals surface area contributed by atoms with Gasteiger partial charge in [0.2, 0.25) is 0 Å². The van der Waals surface area contributed by atoms with Crippen molar-refractivity contribution >= 4 is 17.5 Å². The van der Waals surface area contributed by atoms with Crippen LogP contribution < -0.4 is 10.2 Å². The molecule has 1 unspecified atom stereocenters. The Labute approximate surface area is 148 Å². The highest BCUT2D eigenvalue weighted by molar-refractivity contribution is 5.91. The molecule has 1 aliphatic rings. The normalized spacial score (nSPS) is 16.0. The molecule has 2 aromatic heterocycles. The third-order valence-corrected chi connectivity index (χ3v) is 4.45. The smallest absolute Gasteiger partial charge is 0.289 e. The zero-order valence-corrected chi connectivity index (χ0v) is 15.0. The van der Waals surface area contributed by atoms with Gasteiger partial charge < -0.3 is 19.5 Å². The second-order valence-electron chi connectivity index (χ2n) is 6.37. The Hall–Kier alpha value is -2.57. The SMILES string of the molecule is CCC(C)Nc1cc(N2CCN(C(=O)c3ccco3)CC2)nc(C)n1. The van der Waals surface area contributed by atoms with E-state index in [4.69, 9.17) is 4.42 Å². The lowest BCUT2D eigenvalue weighted by molar-refractivity contribution is 0.0714. The third-order valence-electron chi connectivity index (χ3n) is 4.45. The molecule has 2 aromatic rings. The molecule has 134 valence electrons. The van der Waals surface area contributed by atoms with Gasteiger partial charge >= 0.3 is 0 Å². The molecule has 0 spiro atoms. The Morgan fingerprint density at radius 3 is 2.72 bits per heavy atom. The quantitative estimate of drug-likeness (QED) is 0.899. The van der Waals surface area contributed by atoms with Gasteiger partial charge in [-0.3, -0.25) is 4.79 Å². The molecule has 3 rings (SSSR count). The van der Waals surface area contributed by atoms with Crippen LogP contribution in [0, 0.1) is 6.92 Å². The van der Waals surface area contributed by atoms with Crippen LogP contribution in [0.4, 0.5) is 11.6 Å². The lowest BCUT2D eigenvalue weighted by Gasteiger charge is -2.35. The van der Waals surface area contributed by atoms with Crippen molar-refractivity contribution in [2.45, 2.75) is 33.2 Å². The molecule has 1 saturated heterocycles. The first kappa shape index (κ1) is 17.3. The maximum atomic E-state index is 12.3. The van der Waals surface area contributed by atoms with E-state index in [-0.39, 0.29) is 5.91 Å². The number of aryl methyl sites for hydroxylation is 1. The van der Waals surface area contributed by atoms with Crippen molar-refractivity contribution in [2.24, 2.45) is 0 Å². The molecule has 25 heavy (non-hydrogen) atoms. The van der Waals surface area contributed by atoms with Gasteiger partial charge in [-0.05, 0) is 32.4 Å². The van der Waals surface area contributed by atoms with Crippen LogP contribution in [0.25, 0.3) is 0 Å². The molecule has 0 bridgehead atoms. The van der Waals surface area contributed by atoms with E-state index in [2.05, 4.69) is 34.0 Å². The molecular formula is C18H25N5O2. The number of furan rings is 1. The first-order valence-electron chi connectivity index (χ1n) is 8.76. The van der Waals surface area contributed by atoms with Gasteiger partial charge in [0.05, 0.1) is 6.26 Å². The fourth-order valence-corrected chi connectivity index (χ4v) is 2.84. The maximum Gasteiger partial charge on any atom is 0.289 e. The van der Waals surface area contributed by atoms with E-state index >= 15 is 0 Å². The summed E-state index contributed by atoms with van der Waals surface area (Å²) >= 11 is 0. The van der Waals surface area contributed by atoms with E-state index < -0.39 is 0 Å². The van der Waals surface area contributed by atoms with Crippen LogP contribution in [0.2, 0.25) is 0 Å². The third kappa shape index (κ3) is 4.10. The van der Waals surface area contributed by atoms with E-state index in [1.54, 1.807) is 12.1 Å². The summed E-state index contributed by atoms with van der Waals surface area (Å²) in [4.78, 5) is 25.4. The second-order valence-corrected chi connectivity index (χ2v) is 6.37. The predicted molar refractivity (Wildman–Crippen MR) is 97.0 cm³/mol. The number of amides is 1. The standard InChI is InChI=1S/C18H25N5O2/c1-4-13(2)19-16-12-17(21-14(3)20-16)22-7-9-23(10-8-22)18(24)15-6-5-11-25-15/h5-6,11-13H,4,7-10H2,1-3H3,(H,19,20,21). The Balaban J connectivity index is 1.65. The number of hydrogen-bond acceptors (Lipinski definition) is 6. The number of nitrogens with one attached hydrogen (secondary N) is 1. The zero-order valence-electron chi connectivity index (χ0n) is 15.0. The summed E-state index contributed by atoms with van der Waals surface area (Å²) in [6.07, 6.45) is 2.56. The number of piperazine rings is 1. The molecule has 0 radical (unpaired) electrons. The number of aromatic nitrogens is 2. The number of rotatable bonds is 5. The van der Waals surface area contributed by atoms with Gasteiger partial charge in [-0.25, -0.2) is 9.97 Å². The van der Waals surface area contributed by atoms with Crippen molar-refractivity contribution in [1.82, 2.24) is 14.9 Å². The molecule has 0 saturated carbocycles. The molecule has 1 amide bonds. The first-order chi connectivity index (χ1) is 12.1. The van der Waals surface area contributed by atoms with E-state index in [0.29, 0.717) is 24.9 Å². The maximum absolute atomic E-state index is 12.3. The van der Waals surface area contributed by atoms with E-state index in [0.717, 1.165) is 37.0 Å². The molecule has 3 heterocycles. The minimum atomic E-state index is -0.0531. The molecule has 0 aromatic carbocycles. The summed E-state index contributed by atoms with van der Waals surface area (Å²) in [6.45, 7) is 8.96. The van der Waals surface area contributed by atoms with Crippen LogP contribution in [0.3, 0.4) is 0 Å². The highest BCUT2D eigenvalue weighted by Gasteiger charge is 2.24. The number of nitrogens with zero attached hydrogens (tertiary/aromatic N) is 4. The second kappa shape index (κ2) is 7.55. The summed E-state index contributed by atoms with van der Waals surface area (Å²) < 4.78 is 5.21. The lowest BCUT2D eigenvalue weighted by atomic mass is 10.2. The minimum absolute atomic E-state index is 0.0531. The van der Waals surface area contributed by atoms with Gasteiger partial charge in [0.15, 0.2) is 5.76 Å². The molecule has 1 N–H and O–H groups in total. The number of carbonyl (C=O) groups excluding carboxylic acids is 1. The predicted octanol–water partition coefficient (Wildman–Crippen LogP) is 2.55. The average Bonchev–Trinajstić information content (AvgIpc) is 3.15. The Morgan fingerprint density at radius 1 is 1.32 bits per heavy atom. The van der Waals surface area contributed by atoms with Crippen molar-refractivity contribution in [3.05, 3.63) is 36.0 Å². The van der Waals surface area contributed by atoms with Crippen LogP contribution in [0.5, 0.6) is 0 Å². The van der Waals surface area contributed by atoms with Crippen LogP contribution in [0.1, 0.15) is 36.6 Å². The molecular weight excluding hydrogens is 318 g/mol. The van der Waals surface area contributed by atoms with E-state index in [1.165, 1.54) is 6.26 Å². The minimum Gasteiger partial charge on any atom is -0.459 e.